The third-order valence-corrected chi connectivity index (χ3v) is 2.16. The standard InChI is InChI=1S/C9H17NO2/c1-3-10(5-7-11-2)9-4-6-12-8-9/h3,9H,1,4-8H2,2H3. The minimum Gasteiger partial charge on any atom is -0.383 e. The van der Waals surface area contributed by atoms with E-state index in [4.69, 9.17) is 9.47 Å². The van der Waals surface area contributed by atoms with Crippen LogP contribution in [0.5, 0.6) is 0 Å². The minimum atomic E-state index is 0.512. The van der Waals surface area contributed by atoms with Gasteiger partial charge in [0.1, 0.15) is 0 Å². The molecule has 0 aromatic carbocycles. The van der Waals surface area contributed by atoms with Crippen LogP contribution in [0, 0.1) is 0 Å². The van der Waals surface area contributed by atoms with Gasteiger partial charge in [0, 0.05) is 20.3 Å². The van der Waals surface area contributed by atoms with Gasteiger partial charge in [0.25, 0.3) is 0 Å². The van der Waals surface area contributed by atoms with E-state index in [1.165, 1.54) is 0 Å². The van der Waals surface area contributed by atoms with Crippen molar-refractivity contribution in [1.82, 2.24) is 4.90 Å². The quantitative estimate of drug-likeness (QED) is 0.612. The summed E-state index contributed by atoms with van der Waals surface area (Å²) in [5.41, 5.74) is 0. The van der Waals surface area contributed by atoms with Crippen LogP contribution in [0.3, 0.4) is 0 Å². The summed E-state index contributed by atoms with van der Waals surface area (Å²) >= 11 is 0. The van der Waals surface area contributed by atoms with Crippen LogP contribution in [0.25, 0.3) is 0 Å². The number of hydrogen-bond acceptors (Lipinski definition) is 3. The molecule has 70 valence electrons. The Balaban J connectivity index is 2.27. The van der Waals surface area contributed by atoms with Crippen LogP contribution >= 0.6 is 0 Å². The van der Waals surface area contributed by atoms with E-state index in [1.807, 2.05) is 6.20 Å². The summed E-state index contributed by atoms with van der Waals surface area (Å²) < 4.78 is 10.3. The SMILES string of the molecule is C=CN(CCOC)C1CCOC1. The second-order valence-electron chi connectivity index (χ2n) is 2.93. The first kappa shape index (κ1) is 9.55. The summed E-state index contributed by atoms with van der Waals surface area (Å²) in [7, 11) is 1.71. The maximum absolute atomic E-state index is 5.29. The van der Waals surface area contributed by atoms with Gasteiger partial charge in [0.15, 0.2) is 0 Å². The molecule has 0 aromatic rings. The molecular formula is C9H17NO2. The predicted molar refractivity (Wildman–Crippen MR) is 48.0 cm³/mol. The second-order valence-corrected chi connectivity index (χ2v) is 2.93. The molecule has 1 saturated heterocycles. The van der Waals surface area contributed by atoms with Gasteiger partial charge < -0.3 is 14.4 Å². The summed E-state index contributed by atoms with van der Waals surface area (Å²) in [6.07, 6.45) is 2.98. The molecule has 0 amide bonds. The van der Waals surface area contributed by atoms with E-state index in [1.54, 1.807) is 7.11 Å². The van der Waals surface area contributed by atoms with Crippen molar-refractivity contribution in [3.05, 3.63) is 12.8 Å². The minimum absolute atomic E-state index is 0.512. The highest BCUT2D eigenvalue weighted by atomic mass is 16.5. The van der Waals surface area contributed by atoms with Crippen LogP contribution in [0.2, 0.25) is 0 Å². The van der Waals surface area contributed by atoms with E-state index in [9.17, 15) is 0 Å². The van der Waals surface area contributed by atoms with Crippen LogP contribution in [-0.4, -0.2) is 44.4 Å². The van der Waals surface area contributed by atoms with Gasteiger partial charge in [-0.3, -0.25) is 0 Å². The third-order valence-electron chi connectivity index (χ3n) is 2.16. The van der Waals surface area contributed by atoms with Gasteiger partial charge in [-0.1, -0.05) is 6.58 Å². The van der Waals surface area contributed by atoms with Crippen LogP contribution in [0.4, 0.5) is 0 Å². The molecule has 3 nitrogen and oxygen atoms in total. The van der Waals surface area contributed by atoms with Crippen molar-refractivity contribution in [2.24, 2.45) is 0 Å². The van der Waals surface area contributed by atoms with Crippen LogP contribution < -0.4 is 0 Å². The first-order valence-electron chi connectivity index (χ1n) is 4.33. The lowest BCUT2D eigenvalue weighted by molar-refractivity contribution is 0.134. The number of ether oxygens (including phenoxy) is 2. The lowest BCUT2D eigenvalue weighted by Gasteiger charge is -2.25. The highest BCUT2D eigenvalue weighted by Crippen LogP contribution is 2.11. The summed E-state index contributed by atoms with van der Waals surface area (Å²) in [5.74, 6) is 0. The van der Waals surface area contributed by atoms with Crippen molar-refractivity contribution < 1.29 is 9.47 Å². The van der Waals surface area contributed by atoms with Crippen molar-refractivity contribution >= 4 is 0 Å². The van der Waals surface area contributed by atoms with Gasteiger partial charge in [-0.15, -0.1) is 0 Å². The number of rotatable bonds is 5. The van der Waals surface area contributed by atoms with Gasteiger partial charge >= 0.3 is 0 Å². The van der Waals surface area contributed by atoms with E-state index >= 15 is 0 Å². The normalized spacial score (nSPS) is 22.6. The molecule has 1 atom stereocenters. The fraction of sp³-hybridized carbons (Fsp3) is 0.778. The molecule has 0 saturated carbocycles. The Morgan fingerprint density at radius 2 is 2.58 bits per heavy atom. The largest absolute Gasteiger partial charge is 0.383 e. The Kier molecular flexibility index (Phi) is 4.11. The van der Waals surface area contributed by atoms with Crippen molar-refractivity contribution in [3.8, 4) is 0 Å². The molecule has 0 bridgehead atoms. The molecular weight excluding hydrogens is 154 g/mol. The van der Waals surface area contributed by atoms with Gasteiger partial charge in [-0.25, -0.2) is 0 Å². The molecule has 0 spiro atoms. The molecule has 1 aliphatic heterocycles. The number of hydrogen-bond donors (Lipinski definition) is 0. The molecule has 1 unspecified atom stereocenters. The highest BCUT2D eigenvalue weighted by molar-refractivity contribution is 4.82. The van der Waals surface area contributed by atoms with E-state index in [0.29, 0.717) is 6.04 Å². The van der Waals surface area contributed by atoms with Crippen molar-refractivity contribution in [3.63, 3.8) is 0 Å². The van der Waals surface area contributed by atoms with Gasteiger partial charge in [0.05, 0.1) is 19.3 Å². The van der Waals surface area contributed by atoms with E-state index in [2.05, 4.69) is 11.5 Å². The summed E-state index contributed by atoms with van der Waals surface area (Å²) in [6, 6.07) is 0.512. The Morgan fingerprint density at radius 3 is 3.08 bits per heavy atom. The van der Waals surface area contributed by atoms with Gasteiger partial charge in [0.2, 0.25) is 0 Å². The summed E-state index contributed by atoms with van der Waals surface area (Å²) in [4.78, 5) is 2.19. The van der Waals surface area contributed by atoms with Crippen molar-refractivity contribution in [2.45, 2.75) is 12.5 Å². The topological polar surface area (TPSA) is 21.7 Å². The van der Waals surface area contributed by atoms with Crippen LogP contribution in [0.15, 0.2) is 12.8 Å². The van der Waals surface area contributed by atoms with Gasteiger partial charge in [-0.2, -0.15) is 0 Å². The van der Waals surface area contributed by atoms with Crippen molar-refractivity contribution in [1.29, 1.82) is 0 Å². The first-order chi connectivity index (χ1) is 5.88. The average molecular weight is 171 g/mol. The molecule has 1 fully saturated rings. The molecule has 12 heavy (non-hydrogen) atoms. The lowest BCUT2D eigenvalue weighted by atomic mass is 10.2. The zero-order valence-electron chi connectivity index (χ0n) is 7.66. The smallest absolute Gasteiger partial charge is 0.0670 e. The summed E-state index contributed by atoms with van der Waals surface area (Å²) in [6.45, 7) is 7.14. The average Bonchev–Trinajstić information content (AvgIpc) is 2.59. The van der Waals surface area contributed by atoms with E-state index in [0.717, 1.165) is 32.8 Å². The third kappa shape index (κ3) is 2.50. The molecule has 3 heteroatoms. The van der Waals surface area contributed by atoms with Crippen LogP contribution in [-0.2, 0) is 9.47 Å². The summed E-state index contributed by atoms with van der Waals surface area (Å²) in [5, 5.41) is 0. The predicted octanol–water partition coefficient (Wildman–Crippen LogP) is 0.867. The van der Waals surface area contributed by atoms with Gasteiger partial charge in [-0.05, 0) is 12.6 Å². The first-order valence-corrected chi connectivity index (χ1v) is 4.33. The molecule has 1 aliphatic rings. The number of methoxy groups -OCH3 is 1. The van der Waals surface area contributed by atoms with E-state index < -0.39 is 0 Å². The molecule has 1 heterocycles. The zero-order valence-corrected chi connectivity index (χ0v) is 7.66. The fourth-order valence-corrected chi connectivity index (χ4v) is 1.40. The zero-order chi connectivity index (χ0) is 8.81. The Bertz CT molecular complexity index is 132. The Labute approximate surface area is 74.0 Å². The van der Waals surface area contributed by atoms with Crippen molar-refractivity contribution in [2.75, 3.05) is 33.5 Å². The monoisotopic (exact) mass is 171 g/mol. The molecule has 0 N–H and O–H groups in total. The number of nitrogens with zero attached hydrogens (tertiary/aromatic N) is 1. The molecule has 0 aromatic heterocycles. The van der Waals surface area contributed by atoms with Crippen LogP contribution in [0.1, 0.15) is 6.42 Å². The lowest BCUT2D eigenvalue weighted by Crippen LogP contribution is -2.33. The Hall–Kier alpha value is -0.540. The Morgan fingerprint density at radius 1 is 1.75 bits per heavy atom. The maximum atomic E-state index is 5.29. The molecule has 1 rings (SSSR count). The molecule has 0 radical (unpaired) electrons. The molecule has 0 aliphatic carbocycles. The highest BCUT2D eigenvalue weighted by Gasteiger charge is 2.19. The van der Waals surface area contributed by atoms with E-state index in [-0.39, 0.29) is 0 Å². The fourth-order valence-electron chi connectivity index (χ4n) is 1.40. The maximum Gasteiger partial charge on any atom is 0.0670 e. The second kappa shape index (κ2) is 5.17.